The van der Waals surface area contributed by atoms with Crippen LogP contribution in [0, 0.1) is 17.8 Å². The molecule has 6 rings (SSSR count). The molecule has 3 aliphatic rings. The van der Waals surface area contributed by atoms with Crippen LogP contribution in [0.1, 0.15) is 31.7 Å². The second kappa shape index (κ2) is 13.1. The zero-order chi connectivity index (χ0) is 29.1. The number of hydrogen-bond donors (Lipinski definition) is 1. The van der Waals surface area contributed by atoms with Crippen molar-refractivity contribution in [2.75, 3.05) is 50.8 Å². The number of nitrogens with one attached hydrogen (secondary N) is 1. The lowest BCUT2D eigenvalue weighted by Crippen LogP contribution is -2.29. The number of fused-ring (bicyclic) bond motifs is 1. The number of carbonyl (C=O) groups excluding carboxylic acids is 1. The molecule has 9 nitrogen and oxygen atoms in total. The fraction of sp³-hybridized carbons (Fsp3) is 0.484. The van der Waals surface area contributed by atoms with Crippen LogP contribution >= 0.6 is 23.2 Å². The highest BCUT2D eigenvalue weighted by Crippen LogP contribution is 2.53. The minimum atomic E-state index is -0.0258. The molecule has 3 atom stereocenters. The average molecular weight is 612 g/mol. The Bertz CT molecular complexity index is 1370. The van der Waals surface area contributed by atoms with Crippen LogP contribution in [0.4, 0.5) is 5.95 Å². The second-order valence-corrected chi connectivity index (χ2v) is 12.1. The maximum Gasteiger partial charge on any atom is 0.309 e. The lowest BCUT2D eigenvalue weighted by atomic mass is 10.1. The molecule has 0 spiro atoms. The molecule has 0 bridgehead atoms. The summed E-state index contributed by atoms with van der Waals surface area (Å²) in [4.78, 5) is 30.9. The predicted molar refractivity (Wildman–Crippen MR) is 163 cm³/mol. The minimum absolute atomic E-state index is 0.0258. The molecule has 222 valence electrons. The maximum absolute atomic E-state index is 12.3. The Kier molecular flexibility index (Phi) is 9.09. The van der Waals surface area contributed by atoms with Gasteiger partial charge in [0.15, 0.2) is 5.75 Å². The number of benzene rings is 1. The highest BCUT2D eigenvalue weighted by atomic mass is 35.5. The van der Waals surface area contributed by atoms with Crippen molar-refractivity contribution >= 4 is 35.1 Å². The summed E-state index contributed by atoms with van der Waals surface area (Å²) in [6, 6.07) is 9.45. The topological polar surface area (TPSA) is 92.7 Å². The van der Waals surface area contributed by atoms with Gasteiger partial charge in [0.1, 0.15) is 0 Å². The molecule has 2 aliphatic heterocycles. The zero-order valence-corrected chi connectivity index (χ0v) is 25.3. The Morgan fingerprint density at radius 3 is 2.43 bits per heavy atom. The van der Waals surface area contributed by atoms with Crippen molar-refractivity contribution in [1.82, 2.24) is 25.2 Å². The van der Waals surface area contributed by atoms with Gasteiger partial charge in [-0.3, -0.25) is 9.69 Å². The average Bonchev–Trinajstić information content (AvgIpc) is 3.75. The highest BCUT2D eigenvalue weighted by Gasteiger charge is 2.55. The summed E-state index contributed by atoms with van der Waals surface area (Å²) in [5.74, 6) is 2.59. The molecule has 0 amide bonds. The standard InChI is InChI=1S/C31H36Cl2N6O3/c1-2-41-30(40)29-25-4-9-38(10-5-26(25)29)19-20-12-27(21-14-22(32)16-23(33)15-21)37-28(13-20)42-24-17-35-31(36-18-24)39-8-3-6-34-7-11-39/h12-18,25-26,29,34H,2-11,19H2,1H3/t25-,26+,29+. The number of hydrogen-bond acceptors (Lipinski definition) is 9. The number of nitrogens with zero attached hydrogens (tertiary/aromatic N) is 5. The second-order valence-electron chi connectivity index (χ2n) is 11.2. The predicted octanol–water partition coefficient (Wildman–Crippen LogP) is 5.46. The number of carbonyl (C=O) groups is 1. The molecule has 1 aliphatic carbocycles. The molecular weight excluding hydrogens is 575 g/mol. The number of pyridine rings is 1. The SMILES string of the molecule is CCOC(=O)[C@H]1[C@@H]2CCN(Cc3cc(Oc4cnc(N5CCCNCC5)nc4)nc(-c4cc(Cl)cc(Cl)c4)c3)CC[C@@H]21. The molecule has 0 radical (unpaired) electrons. The van der Waals surface area contributed by atoms with Crippen LogP contribution in [-0.2, 0) is 16.1 Å². The summed E-state index contributed by atoms with van der Waals surface area (Å²) < 4.78 is 11.5. The Balaban J connectivity index is 1.19. The van der Waals surface area contributed by atoms with Crippen LogP contribution < -0.4 is 15.0 Å². The third kappa shape index (κ3) is 6.97. The van der Waals surface area contributed by atoms with E-state index in [2.05, 4.69) is 31.2 Å². The van der Waals surface area contributed by atoms with E-state index in [4.69, 9.17) is 37.7 Å². The van der Waals surface area contributed by atoms with Crippen molar-refractivity contribution in [3.63, 3.8) is 0 Å². The lowest BCUT2D eigenvalue weighted by molar-refractivity contribution is -0.145. The number of ether oxygens (including phenoxy) is 2. The number of anilines is 1. The fourth-order valence-corrected chi connectivity index (χ4v) is 6.78. The van der Waals surface area contributed by atoms with E-state index in [0.717, 1.165) is 81.9 Å². The van der Waals surface area contributed by atoms with E-state index in [1.165, 1.54) is 0 Å². The van der Waals surface area contributed by atoms with E-state index >= 15 is 0 Å². The van der Waals surface area contributed by atoms with Gasteiger partial charge in [-0.05, 0) is 87.5 Å². The molecule has 0 unspecified atom stereocenters. The molecule has 3 fully saturated rings. The summed E-state index contributed by atoms with van der Waals surface area (Å²) >= 11 is 12.7. The summed E-state index contributed by atoms with van der Waals surface area (Å²) in [6.45, 7) is 8.62. The van der Waals surface area contributed by atoms with E-state index in [0.29, 0.717) is 46.1 Å². The third-order valence-electron chi connectivity index (χ3n) is 8.33. The number of likely N-dealkylation sites (tertiary alicyclic amines) is 1. The summed E-state index contributed by atoms with van der Waals surface area (Å²) in [5.41, 5.74) is 2.61. The fourth-order valence-electron chi connectivity index (χ4n) is 6.26. The molecule has 4 heterocycles. The first-order valence-electron chi connectivity index (χ1n) is 14.8. The molecule has 1 N–H and O–H groups in total. The van der Waals surface area contributed by atoms with Gasteiger partial charge >= 0.3 is 5.97 Å². The molecule has 1 saturated carbocycles. The van der Waals surface area contributed by atoms with Crippen LogP contribution in [-0.4, -0.2) is 71.7 Å². The quantitative estimate of drug-likeness (QED) is 0.334. The van der Waals surface area contributed by atoms with E-state index in [1.807, 2.05) is 25.1 Å². The van der Waals surface area contributed by atoms with Crippen molar-refractivity contribution in [1.29, 1.82) is 0 Å². The van der Waals surface area contributed by atoms with Crippen molar-refractivity contribution in [2.45, 2.75) is 32.7 Å². The first-order valence-corrected chi connectivity index (χ1v) is 15.5. The van der Waals surface area contributed by atoms with Gasteiger partial charge in [0, 0.05) is 47.9 Å². The number of aromatic nitrogens is 3. The van der Waals surface area contributed by atoms with Crippen LogP contribution in [0.3, 0.4) is 0 Å². The lowest BCUT2D eigenvalue weighted by Gasteiger charge is -2.22. The van der Waals surface area contributed by atoms with E-state index in [-0.39, 0.29) is 11.9 Å². The van der Waals surface area contributed by atoms with Crippen LogP contribution in [0.5, 0.6) is 11.6 Å². The summed E-state index contributed by atoms with van der Waals surface area (Å²) in [6.07, 6.45) is 6.45. The first kappa shape index (κ1) is 29.1. The van der Waals surface area contributed by atoms with Gasteiger partial charge in [0.2, 0.25) is 11.8 Å². The van der Waals surface area contributed by atoms with Crippen molar-refractivity contribution < 1.29 is 14.3 Å². The summed E-state index contributed by atoms with van der Waals surface area (Å²) in [7, 11) is 0. The molecule has 3 aromatic rings. The number of halogens is 2. The Morgan fingerprint density at radius 1 is 0.976 bits per heavy atom. The molecular formula is C31H36Cl2N6O3. The van der Waals surface area contributed by atoms with Crippen LogP contribution in [0.2, 0.25) is 10.0 Å². The Morgan fingerprint density at radius 2 is 1.71 bits per heavy atom. The summed E-state index contributed by atoms with van der Waals surface area (Å²) in [5, 5.41) is 4.49. The number of esters is 1. The monoisotopic (exact) mass is 610 g/mol. The largest absolute Gasteiger partial charge is 0.466 e. The van der Waals surface area contributed by atoms with Gasteiger partial charge in [-0.2, -0.15) is 0 Å². The minimum Gasteiger partial charge on any atom is -0.466 e. The van der Waals surface area contributed by atoms with Crippen molar-refractivity contribution in [3.05, 3.63) is 58.3 Å². The molecule has 2 saturated heterocycles. The Labute approximate surface area is 256 Å². The van der Waals surface area contributed by atoms with Gasteiger partial charge in [0.25, 0.3) is 0 Å². The van der Waals surface area contributed by atoms with E-state index in [1.54, 1.807) is 18.5 Å². The maximum atomic E-state index is 12.3. The highest BCUT2D eigenvalue weighted by molar-refractivity contribution is 6.35. The van der Waals surface area contributed by atoms with Gasteiger partial charge in [-0.25, -0.2) is 15.0 Å². The van der Waals surface area contributed by atoms with E-state index < -0.39 is 0 Å². The van der Waals surface area contributed by atoms with Gasteiger partial charge < -0.3 is 19.7 Å². The normalized spacial score (nSPS) is 22.5. The van der Waals surface area contributed by atoms with Crippen molar-refractivity contribution in [2.24, 2.45) is 17.8 Å². The molecule has 2 aromatic heterocycles. The van der Waals surface area contributed by atoms with Crippen molar-refractivity contribution in [3.8, 4) is 22.9 Å². The van der Waals surface area contributed by atoms with Crippen LogP contribution in [0.25, 0.3) is 11.3 Å². The first-order chi connectivity index (χ1) is 20.5. The van der Waals surface area contributed by atoms with Gasteiger partial charge in [0.05, 0.1) is 30.6 Å². The smallest absolute Gasteiger partial charge is 0.309 e. The zero-order valence-electron chi connectivity index (χ0n) is 23.8. The molecule has 42 heavy (non-hydrogen) atoms. The molecule has 1 aromatic carbocycles. The Hall–Kier alpha value is -2.98. The third-order valence-corrected chi connectivity index (χ3v) is 8.77. The van der Waals surface area contributed by atoms with Gasteiger partial charge in [-0.15, -0.1) is 0 Å². The van der Waals surface area contributed by atoms with Gasteiger partial charge in [-0.1, -0.05) is 23.2 Å². The molecule has 11 heteroatoms. The number of rotatable bonds is 8. The van der Waals surface area contributed by atoms with E-state index in [9.17, 15) is 4.79 Å². The van der Waals surface area contributed by atoms with Crippen LogP contribution in [0.15, 0.2) is 42.7 Å².